The Hall–Kier alpha value is -3.01. The molecule has 0 bridgehead atoms. The number of ether oxygens (including phenoxy) is 1. The fourth-order valence-electron chi connectivity index (χ4n) is 4.81. The highest BCUT2D eigenvalue weighted by Crippen LogP contribution is 2.43. The van der Waals surface area contributed by atoms with E-state index in [1.165, 1.54) is 11.3 Å². The van der Waals surface area contributed by atoms with Crippen molar-refractivity contribution in [1.29, 1.82) is 0 Å². The highest BCUT2D eigenvalue weighted by Gasteiger charge is 2.45. The van der Waals surface area contributed by atoms with Crippen molar-refractivity contribution in [2.45, 2.75) is 11.8 Å². The molecule has 0 spiro atoms. The summed E-state index contributed by atoms with van der Waals surface area (Å²) in [4.78, 5) is 33.5. The molecule has 5 rings (SSSR count). The Morgan fingerprint density at radius 3 is 2.56 bits per heavy atom. The Kier molecular flexibility index (Phi) is 8.49. The molecule has 10 heteroatoms. The van der Waals surface area contributed by atoms with Crippen LogP contribution in [-0.4, -0.2) is 66.3 Å². The van der Waals surface area contributed by atoms with Crippen molar-refractivity contribution < 1.29 is 19.4 Å². The number of benzene rings is 2. The minimum absolute atomic E-state index is 0.0270. The summed E-state index contributed by atoms with van der Waals surface area (Å²) >= 11 is 13.6. The van der Waals surface area contributed by atoms with E-state index >= 15 is 0 Å². The summed E-state index contributed by atoms with van der Waals surface area (Å²) in [5, 5.41) is 16.5. The monoisotopic (exact) mass is 583 g/mol. The van der Waals surface area contributed by atoms with Crippen LogP contribution in [0.3, 0.4) is 0 Å². The SMILES string of the molecule is O=C(O)C1=C(c2ccccc2)C=CC(C(=O)NCCN2CCOCC2)(c2nc(-c3ccc(Cl)c(Cl)c3)cs2)C1. The maximum absolute atomic E-state index is 13.9. The predicted molar refractivity (Wildman–Crippen MR) is 154 cm³/mol. The van der Waals surface area contributed by atoms with Gasteiger partial charge in [0.15, 0.2) is 0 Å². The minimum atomic E-state index is -1.28. The normalized spacial score (nSPS) is 19.7. The van der Waals surface area contributed by atoms with Gasteiger partial charge >= 0.3 is 5.97 Å². The molecule has 2 aliphatic rings. The van der Waals surface area contributed by atoms with Crippen molar-refractivity contribution in [3.8, 4) is 11.3 Å². The number of allylic oxidation sites excluding steroid dienone is 2. The number of carboxylic acid groups (broad SMARTS) is 1. The first-order valence-corrected chi connectivity index (χ1v) is 14.2. The third-order valence-corrected chi connectivity index (χ3v) is 8.74. The lowest BCUT2D eigenvalue weighted by Crippen LogP contribution is -2.48. The molecule has 1 fully saturated rings. The van der Waals surface area contributed by atoms with E-state index in [2.05, 4.69) is 10.2 Å². The van der Waals surface area contributed by atoms with Crippen LogP contribution in [0.5, 0.6) is 0 Å². The topological polar surface area (TPSA) is 91.8 Å². The molecule has 2 aromatic carbocycles. The number of rotatable bonds is 8. The van der Waals surface area contributed by atoms with Crippen LogP contribution < -0.4 is 5.32 Å². The van der Waals surface area contributed by atoms with Gasteiger partial charge in [0.1, 0.15) is 10.4 Å². The number of hydrogen-bond acceptors (Lipinski definition) is 6. The van der Waals surface area contributed by atoms with E-state index in [9.17, 15) is 14.7 Å². The molecular formula is C29H27Cl2N3O4S. The molecule has 1 unspecified atom stereocenters. The summed E-state index contributed by atoms with van der Waals surface area (Å²) in [6.45, 7) is 4.08. The number of morpholine rings is 1. The molecule has 2 N–H and O–H groups in total. The lowest BCUT2D eigenvalue weighted by Gasteiger charge is -2.32. The summed E-state index contributed by atoms with van der Waals surface area (Å²) in [6.07, 6.45) is 3.51. The highest BCUT2D eigenvalue weighted by molar-refractivity contribution is 7.10. The zero-order valence-corrected chi connectivity index (χ0v) is 23.4. The number of carboxylic acids is 1. The van der Waals surface area contributed by atoms with Crippen LogP contribution in [0.25, 0.3) is 16.8 Å². The summed E-state index contributed by atoms with van der Waals surface area (Å²) in [5.74, 6) is -1.35. The van der Waals surface area contributed by atoms with Crippen molar-refractivity contribution >= 4 is 52.0 Å². The Morgan fingerprint density at radius 1 is 1.08 bits per heavy atom. The Labute approximate surface area is 240 Å². The zero-order chi connectivity index (χ0) is 27.4. The van der Waals surface area contributed by atoms with Crippen molar-refractivity contribution in [3.63, 3.8) is 0 Å². The van der Waals surface area contributed by atoms with Gasteiger partial charge in [-0.3, -0.25) is 9.69 Å². The average Bonchev–Trinajstić information content (AvgIpc) is 3.46. The molecule has 39 heavy (non-hydrogen) atoms. The summed E-state index contributed by atoms with van der Waals surface area (Å²) in [5.41, 5.74) is 1.64. The number of hydrogen-bond donors (Lipinski definition) is 2. The van der Waals surface area contributed by atoms with E-state index in [0.29, 0.717) is 52.6 Å². The lowest BCUT2D eigenvalue weighted by molar-refractivity contribution is -0.133. The molecule has 1 aromatic heterocycles. The maximum atomic E-state index is 13.9. The summed E-state index contributed by atoms with van der Waals surface area (Å²) in [6, 6.07) is 14.6. The quantitative estimate of drug-likeness (QED) is 0.374. The van der Waals surface area contributed by atoms with Gasteiger partial charge in [0.05, 0.1) is 29.0 Å². The number of nitrogens with zero attached hydrogens (tertiary/aromatic N) is 2. The molecule has 202 valence electrons. The van der Waals surface area contributed by atoms with E-state index in [1.54, 1.807) is 24.3 Å². The van der Waals surface area contributed by atoms with Gasteiger partial charge < -0.3 is 15.2 Å². The molecule has 0 saturated carbocycles. The largest absolute Gasteiger partial charge is 0.478 e. The molecule has 1 atom stereocenters. The van der Waals surface area contributed by atoms with Crippen LogP contribution >= 0.6 is 34.5 Å². The second-order valence-corrected chi connectivity index (χ2v) is 11.1. The third-order valence-electron chi connectivity index (χ3n) is 6.98. The Morgan fingerprint density at radius 2 is 1.85 bits per heavy atom. The first-order valence-electron chi connectivity index (χ1n) is 12.6. The van der Waals surface area contributed by atoms with Gasteiger partial charge in [-0.2, -0.15) is 0 Å². The average molecular weight is 585 g/mol. The molecular weight excluding hydrogens is 557 g/mol. The minimum Gasteiger partial charge on any atom is -0.478 e. The van der Waals surface area contributed by atoms with Crippen molar-refractivity contribution in [1.82, 2.24) is 15.2 Å². The number of aromatic nitrogens is 1. The van der Waals surface area contributed by atoms with Gasteiger partial charge in [0, 0.05) is 49.1 Å². The van der Waals surface area contributed by atoms with Gasteiger partial charge in [0.25, 0.3) is 0 Å². The predicted octanol–water partition coefficient (Wildman–Crippen LogP) is 5.30. The maximum Gasteiger partial charge on any atom is 0.332 e. The molecule has 7 nitrogen and oxygen atoms in total. The molecule has 1 aliphatic heterocycles. The van der Waals surface area contributed by atoms with Crippen LogP contribution in [0.1, 0.15) is 17.0 Å². The fraction of sp³-hybridized carbons (Fsp3) is 0.276. The smallest absolute Gasteiger partial charge is 0.332 e. The van der Waals surface area contributed by atoms with E-state index in [4.69, 9.17) is 32.9 Å². The second kappa shape index (κ2) is 12.0. The van der Waals surface area contributed by atoms with E-state index < -0.39 is 11.4 Å². The number of aliphatic carboxylic acids is 1. The second-order valence-electron chi connectivity index (χ2n) is 9.42. The van der Waals surface area contributed by atoms with Gasteiger partial charge in [0.2, 0.25) is 5.91 Å². The van der Waals surface area contributed by atoms with Crippen molar-refractivity contribution in [2.24, 2.45) is 0 Å². The lowest BCUT2D eigenvalue weighted by atomic mass is 9.74. The molecule has 1 saturated heterocycles. The zero-order valence-electron chi connectivity index (χ0n) is 21.0. The highest BCUT2D eigenvalue weighted by atomic mass is 35.5. The number of halogens is 2. The van der Waals surface area contributed by atoms with E-state index in [1.807, 2.05) is 41.8 Å². The molecule has 3 aromatic rings. The third kappa shape index (κ3) is 5.95. The number of nitrogens with one attached hydrogen (secondary N) is 1. The van der Waals surface area contributed by atoms with Crippen molar-refractivity contribution in [2.75, 3.05) is 39.4 Å². The van der Waals surface area contributed by atoms with Crippen LogP contribution in [0.15, 0.2) is 71.6 Å². The van der Waals surface area contributed by atoms with E-state index in [-0.39, 0.29) is 17.9 Å². The summed E-state index contributed by atoms with van der Waals surface area (Å²) in [7, 11) is 0. The Bertz CT molecular complexity index is 1430. The summed E-state index contributed by atoms with van der Waals surface area (Å²) < 4.78 is 5.41. The van der Waals surface area contributed by atoms with Crippen LogP contribution in [0.2, 0.25) is 10.0 Å². The first-order chi connectivity index (χ1) is 18.9. The van der Waals surface area contributed by atoms with Crippen LogP contribution in [0, 0.1) is 0 Å². The van der Waals surface area contributed by atoms with Crippen molar-refractivity contribution in [3.05, 3.63) is 92.3 Å². The Balaban J connectivity index is 1.49. The molecule has 2 heterocycles. The standard InChI is InChI=1S/C29H27Cl2N3O4S/c30-23-7-6-20(16-24(23)31)25-18-39-28(33-25)29(27(37)32-10-11-34-12-14-38-15-13-34)9-8-21(22(17-29)26(35)36)19-4-2-1-3-5-19/h1-9,16,18H,10-15,17H2,(H,32,37)(H,35,36). The molecule has 1 aliphatic carbocycles. The van der Waals surface area contributed by atoms with E-state index in [0.717, 1.165) is 24.2 Å². The van der Waals surface area contributed by atoms with Crippen LogP contribution in [-0.2, 0) is 19.7 Å². The number of amides is 1. The van der Waals surface area contributed by atoms with Gasteiger partial charge in [-0.25, -0.2) is 9.78 Å². The number of carbonyl (C=O) groups excluding carboxylic acids is 1. The van der Waals surface area contributed by atoms with Gasteiger partial charge in [-0.1, -0.05) is 71.8 Å². The fourth-order valence-corrected chi connectivity index (χ4v) is 6.12. The number of thiazole rings is 1. The van der Waals surface area contributed by atoms with Crippen LogP contribution in [0.4, 0.5) is 0 Å². The van der Waals surface area contributed by atoms with Gasteiger partial charge in [-0.05, 0) is 23.3 Å². The van der Waals surface area contributed by atoms with Gasteiger partial charge in [-0.15, -0.1) is 11.3 Å². The first kappa shape index (κ1) is 27.6. The number of carbonyl (C=O) groups is 2. The molecule has 1 amide bonds. The molecule has 0 radical (unpaired) electrons.